The molecular weight excluding hydrogens is 416 g/mol. The van der Waals surface area contributed by atoms with E-state index in [1.54, 1.807) is 36.4 Å². The van der Waals surface area contributed by atoms with Crippen molar-refractivity contribution in [2.75, 3.05) is 18.8 Å². The summed E-state index contributed by atoms with van der Waals surface area (Å²) >= 11 is 0. The smallest absolute Gasteiger partial charge is 0.335 e. The zero-order chi connectivity index (χ0) is 22.4. The standard InChI is InChI=1S/C22H24N4O4S/c23-11-4-14-26(13-3-6-16-5-1-7-17(15-16)22(27)28)31(29,30)20-9-2-8-19-18(20)10-12-25-21(19)24/h1-2,4-5,7-10,12,14-15H,3,6,11,13,23H2,(H2,24,25)(H,27,28). The second-order valence-electron chi connectivity index (χ2n) is 6.89. The van der Waals surface area contributed by atoms with Crippen LogP contribution in [0.1, 0.15) is 22.3 Å². The molecule has 0 amide bonds. The molecule has 5 N–H and O–H groups in total. The number of benzene rings is 2. The third-order valence-corrected chi connectivity index (χ3v) is 6.64. The summed E-state index contributed by atoms with van der Waals surface area (Å²) in [7, 11) is -3.88. The Kier molecular flexibility index (Phi) is 6.88. The van der Waals surface area contributed by atoms with Crippen LogP contribution in [-0.2, 0) is 16.4 Å². The summed E-state index contributed by atoms with van der Waals surface area (Å²) in [4.78, 5) is 15.3. The first-order valence-electron chi connectivity index (χ1n) is 9.68. The molecule has 3 aromatic rings. The highest BCUT2D eigenvalue weighted by Gasteiger charge is 2.24. The molecule has 162 valence electrons. The lowest BCUT2D eigenvalue weighted by Crippen LogP contribution is -2.28. The number of sulfonamides is 1. The quantitative estimate of drug-likeness (QED) is 0.465. The van der Waals surface area contributed by atoms with Crippen LogP contribution in [0.2, 0.25) is 0 Å². The molecule has 0 fully saturated rings. The number of carbonyl (C=O) groups is 1. The molecule has 0 spiro atoms. The minimum Gasteiger partial charge on any atom is -0.478 e. The maximum Gasteiger partial charge on any atom is 0.335 e. The molecule has 3 rings (SSSR count). The van der Waals surface area contributed by atoms with Gasteiger partial charge in [-0.2, -0.15) is 0 Å². The molecular formula is C22H24N4O4S. The molecule has 0 atom stereocenters. The lowest BCUT2D eigenvalue weighted by Gasteiger charge is -2.22. The third kappa shape index (κ3) is 5.01. The molecule has 0 aliphatic heterocycles. The molecule has 0 aliphatic carbocycles. The van der Waals surface area contributed by atoms with Gasteiger partial charge in [0.1, 0.15) is 5.82 Å². The molecule has 31 heavy (non-hydrogen) atoms. The van der Waals surface area contributed by atoms with Gasteiger partial charge in [-0.05, 0) is 42.7 Å². The number of rotatable bonds is 9. The van der Waals surface area contributed by atoms with Gasteiger partial charge in [-0.15, -0.1) is 0 Å². The molecule has 9 heteroatoms. The van der Waals surface area contributed by atoms with E-state index in [4.69, 9.17) is 16.6 Å². The van der Waals surface area contributed by atoms with Crippen molar-refractivity contribution >= 4 is 32.6 Å². The van der Waals surface area contributed by atoms with E-state index in [0.717, 1.165) is 5.56 Å². The number of pyridine rings is 1. The Morgan fingerprint density at radius 1 is 1.13 bits per heavy atom. The number of aromatic carboxylic acids is 1. The minimum absolute atomic E-state index is 0.133. The number of hydrogen-bond acceptors (Lipinski definition) is 6. The highest BCUT2D eigenvalue weighted by molar-refractivity contribution is 7.89. The van der Waals surface area contributed by atoms with Gasteiger partial charge in [-0.25, -0.2) is 18.2 Å². The Bertz CT molecular complexity index is 1230. The molecule has 0 aliphatic rings. The van der Waals surface area contributed by atoms with Crippen LogP contribution in [0.5, 0.6) is 0 Å². The van der Waals surface area contributed by atoms with E-state index in [-0.39, 0.29) is 29.4 Å². The van der Waals surface area contributed by atoms with Crippen LogP contribution >= 0.6 is 0 Å². The Morgan fingerprint density at radius 2 is 1.90 bits per heavy atom. The summed E-state index contributed by atoms with van der Waals surface area (Å²) in [5, 5.41) is 10.2. The van der Waals surface area contributed by atoms with Gasteiger partial charge in [0.25, 0.3) is 10.0 Å². The van der Waals surface area contributed by atoms with Crippen molar-refractivity contribution in [3.8, 4) is 0 Å². The average Bonchev–Trinajstić information content (AvgIpc) is 2.76. The normalized spacial score (nSPS) is 11.8. The predicted octanol–water partition coefficient (Wildman–Crippen LogP) is 2.61. The minimum atomic E-state index is -3.88. The summed E-state index contributed by atoms with van der Waals surface area (Å²) in [6.07, 6.45) is 5.53. The summed E-state index contributed by atoms with van der Waals surface area (Å²) in [5.41, 5.74) is 12.5. The second kappa shape index (κ2) is 9.59. The highest BCUT2D eigenvalue weighted by Crippen LogP contribution is 2.28. The van der Waals surface area contributed by atoms with Crippen molar-refractivity contribution in [2.45, 2.75) is 17.7 Å². The second-order valence-corrected chi connectivity index (χ2v) is 8.75. The summed E-state index contributed by atoms with van der Waals surface area (Å²) in [5.74, 6) is -0.737. The Hall–Kier alpha value is -3.43. The summed E-state index contributed by atoms with van der Waals surface area (Å²) in [6.45, 7) is 0.395. The largest absolute Gasteiger partial charge is 0.478 e. The monoisotopic (exact) mass is 440 g/mol. The number of aromatic nitrogens is 1. The van der Waals surface area contributed by atoms with Crippen molar-refractivity contribution in [1.29, 1.82) is 0 Å². The molecule has 0 unspecified atom stereocenters. The molecule has 0 saturated heterocycles. The highest BCUT2D eigenvalue weighted by atomic mass is 32.2. The van der Waals surface area contributed by atoms with Gasteiger partial charge in [0.05, 0.1) is 10.5 Å². The topological polar surface area (TPSA) is 140 Å². The van der Waals surface area contributed by atoms with E-state index in [9.17, 15) is 13.2 Å². The number of hydrogen-bond donors (Lipinski definition) is 3. The first-order valence-corrected chi connectivity index (χ1v) is 11.1. The maximum atomic E-state index is 13.4. The van der Waals surface area contributed by atoms with Crippen LogP contribution in [-0.4, -0.2) is 41.9 Å². The molecule has 0 saturated carbocycles. The summed E-state index contributed by atoms with van der Waals surface area (Å²) in [6, 6.07) is 13.1. The lowest BCUT2D eigenvalue weighted by atomic mass is 10.1. The molecule has 1 heterocycles. The van der Waals surface area contributed by atoms with Gasteiger partial charge < -0.3 is 16.6 Å². The van der Waals surface area contributed by atoms with Crippen molar-refractivity contribution in [3.63, 3.8) is 0 Å². The van der Waals surface area contributed by atoms with Crippen LogP contribution in [0.25, 0.3) is 10.8 Å². The first kappa shape index (κ1) is 22.3. The molecule has 2 aromatic carbocycles. The number of carboxylic acid groups (broad SMARTS) is 1. The van der Waals surface area contributed by atoms with Gasteiger partial charge in [0.15, 0.2) is 0 Å². The van der Waals surface area contributed by atoms with Crippen molar-refractivity contribution in [2.24, 2.45) is 5.73 Å². The van der Waals surface area contributed by atoms with E-state index < -0.39 is 16.0 Å². The Morgan fingerprint density at radius 3 is 2.65 bits per heavy atom. The predicted molar refractivity (Wildman–Crippen MR) is 120 cm³/mol. The average molecular weight is 441 g/mol. The Balaban J connectivity index is 1.87. The molecule has 8 nitrogen and oxygen atoms in total. The van der Waals surface area contributed by atoms with Crippen molar-refractivity contribution in [3.05, 3.63) is 78.1 Å². The zero-order valence-corrected chi connectivity index (χ0v) is 17.6. The van der Waals surface area contributed by atoms with Crippen LogP contribution in [0.15, 0.2) is 71.9 Å². The van der Waals surface area contributed by atoms with Crippen molar-refractivity contribution in [1.82, 2.24) is 9.29 Å². The Labute approximate surface area is 180 Å². The van der Waals surface area contributed by atoms with Crippen LogP contribution < -0.4 is 11.5 Å². The van der Waals surface area contributed by atoms with E-state index in [1.165, 1.54) is 28.8 Å². The fourth-order valence-corrected chi connectivity index (χ4v) is 4.88. The van der Waals surface area contributed by atoms with Gasteiger partial charge in [0, 0.05) is 36.3 Å². The molecule has 0 bridgehead atoms. The number of nitrogen functional groups attached to an aromatic ring is 1. The van der Waals surface area contributed by atoms with Crippen LogP contribution in [0.3, 0.4) is 0 Å². The number of nitrogens with two attached hydrogens (primary N) is 2. The van der Waals surface area contributed by atoms with Crippen LogP contribution in [0.4, 0.5) is 5.82 Å². The maximum absolute atomic E-state index is 13.4. The number of carboxylic acids is 1. The third-order valence-electron chi connectivity index (χ3n) is 4.81. The number of aryl methyl sites for hydroxylation is 1. The fraction of sp³-hybridized carbons (Fsp3) is 0.182. The number of anilines is 1. The van der Waals surface area contributed by atoms with Crippen molar-refractivity contribution < 1.29 is 18.3 Å². The fourth-order valence-electron chi connectivity index (χ4n) is 3.30. The van der Waals surface area contributed by atoms with Gasteiger partial charge >= 0.3 is 5.97 Å². The lowest BCUT2D eigenvalue weighted by molar-refractivity contribution is 0.0696. The molecule has 0 radical (unpaired) electrons. The zero-order valence-electron chi connectivity index (χ0n) is 16.8. The van der Waals surface area contributed by atoms with E-state index in [1.807, 2.05) is 6.07 Å². The molecule has 1 aromatic heterocycles. The van der Waals surface area contributed by atoms with Gasteiger partial charge in [-0.3, -0.25) is 4.31 Å². The van der Waals surface area contributed by atoms with E-state index >= 15 is 0 Å². The SMILES string of the molecule is NCC=CN(CCCc1cccc(C(=O)O)c1)S(=O)(=O)c1cccc2c(N)nccc12. The van der Waals surface area contributed by atoms with Crippen LogP contribution in [0, 0.1) is 0 Å². The number of nitrogens with zero attached hydrogens (tertiary/aromatic N) is 2. The number of fused-ring (bicyclic) bond motifs is 1. The van der Waals surface area contributed by atoms with Gasteiger partial charge in [0.2, 0.25) is 0 Å². The first-order chi connectivity index (χ1) is 14.8. The summed E-state index contributed by atoms with van der Waals surface area (Å²) < 4.78 is 28.1. The van der Waals surface area contributed by atoms with E-state index in [2.05, 4.69) is 4.98 Å². The van der Waals surface area contributed by atoms with E-state index in [0.29, 0.717) is 23.6 Å². The van der Waals surface area contributed by atoms with Gasteiger partial charge in [-0.1, -0.05) is 30.3 Å².